The van der Waals surface area contributed by atoms with Crippen molar-refractivity contribution in [3.8, 4) is 11.8 Å². The molecule has 1 amide bonds. The molecule has 0 bridgehead atoms. The number of aromatic nitrogens is 1. The topological polar surface area (TPSA) is 75.4 Å². The first-order valence-electron chi connectivity index (χ1n) is 6.18. The molecule has 5 heteroatoms. The summed E-state index contributed by atoms with van der Waals surface area (Å²) in [5.41, 5.74) is 1.13. The van der Waals surface area contributed by atoms with Crippen molar-refractivity contribution in [2.45, 2.75) is 13.0 Å². The molecule has 1 aromatic carbocycles. The van der Waals surface area contributed by atoms with Gasteiger partial charge in [0, 0.05) is 18.1 Å². The van der Waals surface area contributed by atoms with E-state index in [1.54, 1.807) is 24.3 Å². The second-order valence-corrected chi connectivity index (χ2v) is 3.98. The van der Waals surface area contributed by atoms with Gasteiger partial charge in [-0.2, -0.15) is 0 Å². The highest BCUT2D eigenvalue weighted by molar-refractivity contribution is 5.96. The third-order valence-electron chi connectivity index (χ3n) is 2.55. The minimum absolute atomic E-state index is 0.00680. The summed E-state index contributed by atoms with van der Waals surface area (Å²) in [5.74, 6) is 6.05. The summed E-state index contributed by atoms with van der Waals surface area (Å²) in [6.45, 7) is 0.282. The second-order valence-electron chi connectivity index (χ2n) is 3.98. The van der Waals surface area contributed by atoms with E-state index in [2.05, 4.69) is 22.3 Å². The highest BCUT2D eigenvalue weighted by atomic mass is 16.5. The van der Waals surface area contributed by atoms with Crippen LogP contribution in [0.2, 0.25) is 0 Å². The smallest absolute Gasteiger partial charge is 0.252 e. The third-order valence-corrected chi connectivity index (χ3v) is 2.55. The molecule has 102 valence electrons. The van der Waals surface area contributed by atoms with Crippen molar-refractivity contribution in [3.05, 3.63) is 53.4 Å². The summed E-state index contributed by atoms with van der Waals surface area (Å²) < 4.78 is 4.91. The Balaban J connectivity index is 2.07. The molecular formula is C15H14N2O3. The van der Waals surface area contributed by atoms with Crippen molar-refractivity contribution in [1.82, 2.24) is 10.5 Å². The minimum Gasteiger partial charge on any atom is -0.395 e. The number of rotatable bonds is 4. The van der Waals surface area contributed by atoms with E-state index in [-0.39, 0.29) is 19.1 Å². The van der Waals surface area contributed by atoms with Crippen LogP contribution in [0.5, 0.6) is 0 Å². The Labute approximate surface area is 116 Å². The van der Waals surface area contributed by atoms with Gasteiger partial charge >= 0.3 is 0 Å². The van der Waals surface area contributed by atoms with Crippen molar-refractivity contribution in [3.63, 3.8) is 0 Å². The summed E-state index contributed by atoms with van der Waals surface area (Å²) in [4.78, 5) is 12.1. The van der Waals surface area contributed by atoms with Gasteiger partial charge in [0.1, 0.15) is 0 Å². The Morgan fingerprint density at radius 1 is 1.35 bits per heavy atom. The van der Waals surface area contributed by atoms with E-state index in [0.29, 0.717) is 23.3 Å². The SMILES string of the molecule is O=C(NCc1ccno1)c1ccccc1C#CCCO. The molecule has 0 aliphatic heterocycles. The number of aliphatic hydroxyl groups excluding tert-OH is 1. The molecule has 2 N–H and O–H groups in total. The standard InChI is InChI=1S/C15H14N2O3/c18-10-4-3-6-12-5-1-2-7-14(12)15(19)16-11-13-8-9-17-20-13/h1-2,5,7-9,18H,4,10-11H2,(H,16,19). The van der Waals surface area contributed by atoms with E-state index < -0.39 is 0 Å². The number of carbonyl (C=O) groups excluding carboxylic acids is 1. The Hall–Kier alpha value is -2.58. The van der Waals surface area contributed by atoms with Gasteiger partial charge in [-0.15, -0.1) is 0 Å². The number of hydrogen-bond donors (Lipinski definition) is 2. The summed E-state index contributed by atoms with van der Waals surface area (Å²) in [6.07, 6.45) is 1.91. The van der Waals surface area contributed by atoms with Crippen LogP contribution in [0.3, 0.4) is 0 Å². The normalized spacial score (nSPS) is 9.65. The lowest BCUT2D eigenvalue weighted by molar-refractivity contribution is 0.0947. The van der Waals surface area contributed by atoms with Crippen LogP contribution >= 0.6 is 0 Å². The average Bonchev–Trinajstić information content (AvgIpc) is 2.99. The fourth-order valence-electron chi connectivity index (χ4n) is 1.60. The zero-order valence-corrected chi connectivity index (χ0v) is 10.8. The Bertz CT molecular complexity index is 624. The number of nitrogens with one attached hydrogen (secondary N) is 1. The fourth-order valence-corrected chi connectivity index (χ4v) is 1.60. The summed E-state index contributed by atoms with van der Waals surface area (Å²) in [5, 5.41) is 15.0. The maximum atomic E-state index is 12.1. The van der Waals surface area contributed by atoms with Gasteiger partial charge in [0.15, 0.2) is 5.76 Å². The quantitative estimate of drug-likeness (QED) is 0.822. The highest BCUT2D eigenvalue weighted by Crippen LogP contribution is 2.08. The van der Waals surface area contributed by atoms with E-state index in [4.69, 9.17) is 9.63 Å². The van der Waals surface area contributed by atoms with Crippen LogP contribution in [-0.4, -0.2) is 22.8 Å². The molecule has 0 aliphatic carbocycles. The van der Waals surface area contributed by atoms with Gasteiger partial charge in [0.2, 0.25) is 0 Å². The second kappa shape index (κ2) is 7.12. The molecule has 0 atom stereocenters. The minimum atomic E-state index is -0.227. The molecule has 0 saturated carbocycles. The summed E-state index contributed by atoms with van der Waals surface area (Å²) in [6, 6.07) is 8.76. The Morgan fingerprint density at radius 3 is 2.95 bits per heavy atom. The molecule has 2 rings (SSSR count). The molecule has 0 fully saturated rings. The van der Waals surface area contributed by atoms with Crippen LogP contribution in [0, 0.1) is 11.8 Å². The van der Waals surface area contributed by atoms with E-state index in [1.165, 1.54) is 6.20 Å². The lowest BCUT2D eigenvalue weighted by Crippen LogP contribution is -2.23. The Kier molecular flexibility index (Phi) is 4.93. The highest BCUT2D eigenvalue weighted by Gasteiger charge is 2.09. The van der Waals surface area contributed by atoms with Gasteiger partial charge in [-0.1, -0.05) is 29.1 Å². The van der Waals surface area contributed by atoms with Crippen LogP contribution in [0.1, 0.15) is 28.1 Å². The first-order valence-corrected chi connectivity index (χ1v) is 6.18. The molecule has 0 radical (unpaired) electrons. The van der Waals surface area contributed by atoms with Gasteiger partial charge in [-0.05, 0) is 12.1 Å². The number of aliphatic hydroxyl groups is 1. The molecule has 0 saturated heterocycles. The monoisotopic (exact) mass is 270 g/mol. The predicted molar refractivity (Wildman–Crippen MR) is 72.7 cm³/mol. The lowest BCUT2D eigenvalue weighted by Gasteiger charge is -2.05. The summed E-state index contributed by atoms with van der Waals surface area (Å²) >= 11 is 0. The molecule has 0 unspecified atom stereocenters. The average molecular weight is 270 g/mol. The first-order chi connectivity index (χ1) is 9.81. The van der Waals surface area contributed by atoms with Gasteiger partial charge in [0.25, 0.3) is 5.91 Å². The van der Waals surface area contributed by atoms with Gasteiger partial charge in [-0.25, -0.2) is 0 Å². The van der Waals surface area contributed by atoms with Crippen LogP contribution in [0.25, 0.3) is 0 Å². The number of carbonyl (C=O) groups is 1. The third kappa shape index (κ3) is 3.70. The van der Waals surface area contributed by atoms with Crippen LogP contribution in [-0.2, 0) is 6.54 Å². The van der Waals surface area contributed by atoms with Crippen molar-refractivity contribution in [2.75, 3.05) is 6.61 Å². The van der Waals surface area contributed by atoms with Gasteiger partial charge in [0.05, 0.1) is 24.9 Å². The van der Waals surface area contributed by atoms with Crippen LogP contribution in [0.4, 0.5) is 0 Å². The first kappa shape index (κ1) is 13.8. The molecular weight excluding hydrogens is 256 g/mol. The largest absolute Gasteiger partial charge is 0.395 e. The number of hydrogen-bond acceptors (Lipinski definition) is 4. The van der Waals surface area contributed by atoms with Crippen molar-refractivity contribution < 1.29 is 14.4 Å². The van der Waals surface area contributed by atoms with Gasteiger partial charge in [-0.3, -0.25) is 4.79 Å². The van der Waals surface area contributed by atoms with E-state index in [9.17, 15) is 4.79 Å². The summed E-state index contributed by atoms with van der Waals surface area (Å²) in [7, 11) is 0. The molecule has 0 spiro atoms. The molecule has 5 nitrogen and oxygen atoms in total. The van der Waals surface area contributed by atoms with E-state index in [1.807, 2.05) is 6.07 Å². The van der Waals surface area contributed by atoms with Gasteiger partial charge < -0.3 is 14.9 Å². The van der Waals surface area contributed by atoms with E-state index >= 15 is 0 Å². The number of nitrogens with zero attached hydrogens (tertiary/aromatic N) is 1. The lowest BCUT2D eigenvalue weighted by atomic mass is 10.1. The molecule has 1 heterocycles. The Morgan fingerprint density at radius 2 is 2.20 bits per heavy atom. The molecule has 20 heavy (non-hydrogen) atoms. The number of amides is 1. The van der Waals surface area contributed by atoms with Crippen molar-refractivity contribution in [1.29, 1.82) is 0 Å². The molecule has 2 aromatic rings. The fraction of sp³-hybridized carbons (Fsp3) is 0.200. The van der Waals surface area contributed by atoms with Crippen molar-refractivity contribution >= 4 is 5.91 Å². The molecule has 0 aliphatic rings. The zero-order chi connectivity index (χ0) is 14.2. The maximum absolute atomic E-state index is 12.1. The van der Waals surface area contributed by atoms with E-state index in [0.717, 1.165) is 0 Å². The zero-order valence-electron chi connectivity index (χ0n) is 10.8. The molecule has 1 aromatic heterocycles. The number of benzene rings is 1. The van der Waals surface area contributed by atoms with Crippen LogP contribution < -0.4 is 5.32 Å². The van der Waals surface area contributed by atoms with Crippen molar-refractivity contribution in [2.24, 2.45) is 0 Å². The maximum Gasteiger partial charge on any atom is 0.252 e. The predicted octanol–water partition coefficient (Wildman–Crippen LogP) is 1.34. The van der Waals surface area contributed by atoms with Crippen LogP contribution in [0.15, 0.2) is 41.1 Å².